The van der Waals surface area contributed by atoms with Crippen molar-refractivity contribution in [2.75, 3.05) is 52.9 Å². The van der Waals surface area contributed by atoms with Gasteiger partial charge >= 0.3 is 47.8 Å². The number of nitrogens with one attached hydrogen (secondary N) is 2. The molecule has 0 spiro atoms. The molecule has 32 heteroatoms. The number of esters is 8. The molecule has 7 aromatic rings. The van der Waals surface area contributed by atoms with Gasteiger partial charge in [0.1, 0.15) is 44.8 Å². The lowest BCUT2D eigenvalue weighted by molar-refractivity contribution is 0.0468. The highest BCUT2D eigenvalue weighted by Crippen LogP contribution is 2.36. The van der Waals surface area contributed by atoms with Crippen LogP contribution in [0.1, 0.15) is 139 Å². The van der Waals surface area contributed by atoms with Gasteiger partial charge in [0.25, 0.3) is 0 Å². The van der Waals surface area contributed by atoms with Gasteiger partial charge in [0, 0.05) is 0 Å². The summed E-state index contributed by atoms with van der Waals surface area (Å²) in [4.78, 5) is 179. The molecule has 2 N–H and O–H groups in total. The van der Waals surface area contributed by atoms with Crippen LogP contribution in [0.4, 0.5) is 0 Å². The number of aromatic nitrogens is 16. The van der Waals surface area contributed by atoms with Crippen molar-refractivity contribution in [3.8, 4) is 46.1 Å². The molecule has 0 fully saturated rings. The zero-order chi connectivity index (χ0) is 57.1. The third kappa shape index (κ3) is 9.90. The highest BCUT2D eigenvalue weighted by Gasteiger charge is 2.36. The predicted octanol–water partition coefficient (Wildman–Crippen LogP) is 3.44. The molecule has 0 saturated heterocycles. The molecule has 8 bridgehead atoms. The van der Waals surface area contributed by atoms with Crippen LogP contribution in [0, 0.1) is 0 Å². The van der Waals surface area contributed by atoms with Crippen molar-refractivity contribution >= 4 is 92.4 Å². The van der Waals surface area contributed by atoms with E-state index in [1.54, 1.807) is 0 Å². The molecule has 7 aromatic heterocycles. The molecule has 0 unspecified atom stereocenters. The van der Waals surface area contributed by atoms with Gasteiger partial charge < -0.3 is 47.9 Å². The molecule has 0 radical (unpaired) electrons. The Kier molecular flexibility index (Phi) is 15.3. The van der Waals surface area contributed by atoms with Crippen molar-refractivity contribution in [3.63, 3.8) is 0 Å². The van der Waals surface area contributed by atoms with E-state index in [0.29, 0.717) is 0 Å². The van der Waals surface area contributed by atoms with Crippen LogP contribution in [0.2, 0.25) is 0 Å². The third-order valence-electron chi connectivity index (χ3n) is 10.8. The Labute approximate surface area is 447 Å². The number of aromatic amines is 2. The Morgan fingerprint density at radius 2 is 0.412 bits per heavy atom. The Morgan fingerprint density at radius 1 is 0.250 bits per heavy atom. The van der Waals surface area contributed by atoms with Crippen LogP contribution in [-0.4, -0.2) is 180 Å². The van der Waals surface area contributed by atoms with Crippen LogP contribution in [0.3, 0.4) is 0 Å². The van der Waals surface area contributed by atoms with E-state index in [4.69, 9.17) is 57.8 Å². The second-order valence-electron chi connectivity index (χ2n) is 15.8. The first kappa shape index (κ1) is 54.2. The van der Waals surface area contributed by atoms with Gasteiger partial charge in [0.15, 0.2) is 91.4 Å². The second-order valence-corrected chi connectivity index (χ2v) is 15.8. The standard InChI is InChI=1S/C48H42N16O16/c1-9-73-41(65)25-26(42(66)74-10-2)50-18-17(49-25)33-57-34(18)62-36-21-22(54-30(46(70)78-14-6)29(53-21)45(69)77-13-5)38(59-36)64-40-24-23(55-31(47(71)79-15-7)32(56-24)48(72)80-16-8)39(60-40)63-37-20-19(35(58-37)61-33)51-27(43(67)75-11-3)28(52-20)44(68)76-12-4/h9-16H2,1-8H3,(H2,57,58,59,60,61,62,63,64). The summed E-state index contributed by atoms with van der Waals surface area (Å²) in [7, 11) is 0. The van der Waals surface area contributed by atoms with E-state index in [-0.39, 0.29) is 120 Å². The number of hydrogen-bond acceptors (Lipinski definition) is 30. The van der Waals surface area contributed by atoms with Gasteiger partial charge in [-0.1, -0.05) is 0 Å². The normalized spacial score (nSPS) is 11.3. The maximum Gasteiger partial charge on any atom is 0.359 e. The summed E-state index contributed by atoms with van der Waals surface area (Å²) in [6, 6.07) is 0. The Hall–Kier alpha value is -10.6. The topological polar surface area (TPSA) is 422 Å². The van der Waals surface area contributed by atoms with Gasteiger partial charge in [-0.3, -0.25) is 0 Å². The summed E-state index contributed by atoms with van der Waals surface area (Å²) in [5, 5.41) is 0. The first-order chi connectivity index (χ1) is 38.6. The lowest BCUT2D eigenvalue weighted by Gasteiger charge is -2.09. The number of fused-ring (bicyclic) bond motifs is 20. The highest BCUT2D eigenvalue weighted by molar-refractivity contribution is 6.09. The maximum atomic E-state index is 13.6. The SMILES string of the molecule is CCOC(=O)c1nc2c(nc1C(=O)OCC)-c1nc-2nc2[nH]c(nc3nc(nc4[nH]c(n1)c1nc(C(=O)OCC)c(C(=O)OCC)nc41)-c1nc(C(=O)OCC)c(C(=O)OCC)nc1-3)c1nc(C(=O)OCC)c(C(=O)OCC)nc21. The summed E-state index contributed by atoms with van der Waals surface area (Å²) in [6.07, 6.45) is 0. The van der Waals surface area contributed by atoms with Gasteiger partial charge in [0.05, 0.1) is 52.9 Å². The van der Waals surface area contributed by atoms with E-state index in [1.807, 2.05) is 0 Å². The molecule has 2 aliphatic heterocycles. The molecule has 0 atom stereocenters. The molecule has 9 heterocycles. The largest absolute Gasteiger partial charge is 0.461 e. The number of ether oxygens (including phenoxy) is 8. The number of hydrogen-bond donors (Lipinski definition) is 2. The molecule has 80 heavy (non-hydrogen) atoms. The van der Waals surface area contributed by atoms with Crippen molar-refractivity contribution in [2.24, 2.45) is 0 Å². The van der Waals surface area contributed by atoms with Crippen molar-refractivity contribution in [1.82, 2.24) is 79.7 Å². The van der Waals surface area contributed by atoms with Crippen molar-refractivity contribution in [1.29, 1.82) is 0 Å². The summed E-state index contributed by atoms with van der Waals surface area (Å²) >= 11 is 0. The first-order valence-electron chi connectivity index (χ1n) is 24.5. The Balaban J connectivity index is 1.53. The molecule has 0 saturated carbocycles. The van der Waals surface area contributed by atoms with Gasteiger partial charge in [-0.2, -0.15) is 0 Å². The summed E-state index contributed by atoms with van der Waals surface area (Å²) in [5.41, 5.74) is -8.73. The fourth-order valence-electron chi connectivity index (χ4n) is 7.69. The van der Waals surface area contributed by atoms with Gasteiger partial charge in [-0.15, -0.1) is 0 Å². The Bertz CT molecular complexity index is 3500. The van der Waals surface area contributed by atoms with E-state index in [1.165, 1.54) is 55.4 Å². The zero-order valence-corrected chi connectivity index (χ0v) is 43.4. The zero-order valence-electron chi connectivity index (χ0n) is 43.4. The van der Waals surface area contributed by atoms with Crippen LogP contribution >= 0.6 is 0 Å². The summed E-state index contributed by atoms with van der Waals surface area (Å²) in [6.45, 7) is 10.8. The van der Waals surface area contributed by atoms with Gasteiger partial charge in [-0.25, -0.2) is 108 Å². The Morgan fingerprint density at radius 3 is 0.575 bits per heavy atom. The molecule has 410 valence electrons. The minimum Gasteiger partial charge on any atom is -0.461 e. The fraction of sp³-hybridized carbons (Fsp3) is 0.333. The molecule has 0 aliphatic carbocycles. The number of nitrogens with zero attached hydrogens (tertiary/aromatic N) is 14. The van der Waals surface area contributed by atoms with Crippen LogP contribution in [0.15, 0.2) is 0 Å². The van der Waals surface area contributed by atoms with E-state index in [2.05, 4.69) is 59.8 Å². The monoisotopic (exact) mass is 1100 g/mol. The smallest absolute Gasteiger partial charge is 0.359 e. The van der Waals surface area contributed by atoms with Crippen molar-refractivity contribution in [3.05, 3.63) is 45.6 Å². The number of H-pyrrole nitrogens is 2. The first-order valence-corrected chi connectivity index (χ1v) is 24.5. The van der Waals surface area contributed by atoms with Crippen LogP contribution in [0.25, 0.3) is 90.7 Å². The second kappa shape index (κ2) is 22.6. The fourth-order valence-corrected chi connectivity index (χ4v) is 7.69. The molecule has 0 aromatic carbocycles. The van der Waals surface area contributed by atoms with E-state index in [0.717, 1.165) is 0 Å². The van der Waals surface area contributed by atoms with Crippen LogP contribution in [-0.2, 0) is 37.9 Å². The van der Waals surface area contributed by atoms with E-state index < -0.39 is 117 Å². The number of rotatable bonds is 16. The van der Waals surface area contributed by atoms with E-state index >= 15 is 0 Å². The van der Waals surface area contributed by atoms with Crippen molar-refractivity contribution in [2.45, 2.75) is 55.4 Å². The quantitative estimate of drug-likeness (QED) is 0.103. The summed E-state index contributed by atoms with van der Waals surface area (Å²) < 4.78 is 42.0. The minimum atomic E-state index is -1.10. The third-order valence-corrected chi connectivity index (χ3v) is 10.8. The summed E-state index contributed by atoms with van der Waals surface area (Å²) in [5.74, 6) is -10.5. The lowest BCUT2D eigenvalue weighted by Crippen LogP contribution is -2.19. The molecule has 0 amide bonds. The average Bonchev–Trinajstić information content (AvgIpc) is 4.27. The van der Waals surface area contributed by atoms with Crippen molar-refractivity contribution < 1.29 is 76.3 Å². The predicted molar refractivity (Wildman–Crippen MR) is 266 cm³/mol. The maximum absolute atomic E-state index is 13.6. The minimum absolute atomic E-state index is 0.160. The van der Waals surface area contributed by atoms with Gasteiger partial charge in [-0.05, 0) is 55.4 Å². The van der Waals surface area contributed by atoms with Crippen LogP contribution in [0.5, 0.6) is 0 Å². The number of carbonyl (C=O) groups is 8. The lowest BCUT2D eigenvalue weighted by atomic mass is 10.2. The molecule has 32 nitrogen and oxygen atoms in total. The number of carbonyl (C=O) groups excluding carboxylic acids is 8. The highest BCUT2D eigenvalue weighted by atomic mass is 16.6. The molecule has 9 rings (SSSR count). The average molecular weight is 1100 g/mol. The van der Waals surface area contributed by atoms with Gasteiger partial charge in [0.2, 0.25) is 0 Å². The molecule has 2 aliphatic rings. The molecular formula is C48H42N16O16. The van der Waals surface area contributed by atoms with Crippen LogP contribution < -0.4 is 0 Å². The molecular weight excluding hydrogens is 1060 g/mol. The van der Waals surface area contributed by atoms with E-state index in [9.17, 15) is 38.4 Å².